The van der Waals surface area contributed by atoms with Crippen LogP contribution in [0.15, 0.2) is 46.9 Å². The Hall–Kier alpha value is -1.32. The molecule has 1 aliphatic rings. The van der Waals surface area contributed by atoms with Crippen molar-refractivity contribution < 1.29 is 4.79 Å². The maximum Gasteiger partial charge on any atom is 0.252 e. The number of nitrogens with one attached hydrogen (secondary N) is 1. The number of fused-ring (bicyclic) bond motifs is 1. The van der Waals surface area contributed by atoms with Gasteiger partial charge in [-0.3, -0.25) is 4.79 Å². The topological polar surface area (TPSA) is 29.1 Å². The van der Waals surface area contributed by atoms with Gasteiger partial charge in [0.2, 0.25) is 0 Å². The van der Waals surface area contributed by atoms with Gasteiger partial charge >= 0.3 is 0 Å². The number of carbonyl (C=O) groups is 1. The third-order valence-corrected chi connectivity index (χ3v) is 4.49. The molecule has 0 fully saturated rings. The van der Waals surface area contributed by atoms with E-state index in [1.165, 1.54) is 11.1 Å². The average Bonchev–Trinajstić information content (AvgIpc) is 2.83. The van der Waals surface area contributed by atoms with Crippen LogP contribution in [0.1, 0.15) is 21.5 Å². The van der Waals surface area contributed by atoms with Crippen molar-refractivity contribution in [2.75, 3.05) is 0 Å². The smallest absolute Gasteiger partial charge is 0.252 e. The van der Waals surface area contributed by atoms with E-state index in [1.54, 1.807) is 18.2 Å². The maximum absolute atomic E-state index is 12.3. The lowest BCUT2D eigenvalue weighted by molar-refractivity contribution is 0.0938. The summed E-state index contributed by atoms with van der Waals surface area (Å²) in [7, 11) is 0. The Morgan fingerprint density at radius 3 is 2.45 bits per heavy atom. The molecule has 20 heavy (non-hydrogen) atoms. The Balaban J connectivity index is 1.74. The quantitative estimate of drug-likeness (QED) is 0.871. The Morgan fingerprint density at radius 2 is 1.80 bits per heavy atom. The van der Waals surface area contributed by atoms with Gasteiger partial charge in [0.1, 0.15) is 0 Å². The molecule has 0 heterocycles. The molecule has 0 bridgehead atoms. The van der Waals surface area contributed by atoms with Crippen molar-refractivity contribution in [1.82, 2.24) is 5.32 Å². The van der Waals surface area contributed by atoms with E-state index >= 15 is 0 Å². The normalized spacial score (nSPS) is 14.1. The minimum absolute atomic E-state index is 0.0859. The number of hydrogen-bond donors (Lipinski definition) is 1. The summed E-state index contributed by atoms with van der Waals surface area (Å²) in [4.78, 5) is 12.3. The van der Waals surface area contributed by atoms with E-state index in [0.29, 0.717) is 10.6 Å². The third kappa shape index (κ3) is 2.74. The first-order chi connectivity index (χ1) is 9.63. The lowest BCUT2D eigenvalue weighted by Gasteiger charge is -2.13. The molecule has 2 aromatic carbocycles. The first kappa shape index (κ1) is 13.7. The highest BCUT2D eigenvalue weighted by molar-refractivity contribution is 9.10. The molecule has 0 aromatic heterocycles. The monoisotopic (exact) mass is 349 g/mol. The van der Waals surface area contributed by atoms with Gasteiger partial charge in [0.25, 0.3) is 5.91 Å². The number of halogens is 2. The molecule has 2 nitrogen and oxygen atoms in total. The van der Waals surface area contributed by atoms with Gasteiger partial charge < -0.3 is 5.32 Å². The molecule has 0 atom stereocenters. The molecule has 102 valence electrons. The van der Waals surface area contributed by atoms with Gasteiger partial charge in [0, 0.05) is 15.5 Å². The Bertz CT molecular complexity index is 646. The molecule has 4 heteroatoms. The van der Waals surface area contributed by atoms with E-state index in [2.05, 4.69) is 33.4 Å². The van der Waals surface area contributed by atoms with E-state index in [4.69, 9.17) is 11.6 Å². The van der Waals surface area contributed by atoms with Gasteiger partial charge in [-0.2, -0.15) is 0 Å². The molecule has 0 saturated heterocycles. The number of hydrogen-bond acceptors (Lipinski definition) is 1. The molecule has 0 spiro atoms. The summed E-state index contributed by atoms with van der Waals surface area (Å²) in [5, 5.41) is 3.65. The van der Waals surface area contributed by atoms with Crippen LogP contribution >= 0.6 is 27.5 Å². The summed E-state index contributed by atoms with van der Waals surface area (Å²) < 4.78 is 0.759. The van der Waals surface area contributed by atoms with Gasteiger partial charge in [0.05, 0.1) is 5.56 Å². The van der Waals surface area contributed by atoms with Crippen LogP contribution in [0.3, 0.4) is 0 Å². The van der Waals surface area contributed by atoms with Gasteiger partial charge in [-0.25, -0.2) is 0 Å². The average molecular weight is 351 g/mol. The van der Waals surface area contributed by atoms with E-state index in [1.807, 2.05) is 12.1 Å². The van der Waals surface area contributed by atoms with E-state index < -0.39 is 0 Å². The summed E-state index contributed by atoms with van der Waals surface area (Å²) in [5.74, 6) is -0.0859. The first-order valence-electron chi connectivity index (χ1n) is 6.46. The lowest BCUT2D eigenvalue weighted by atomic mass is 10.1. The molecule has 2 aromatic rings. The van der Waals surface area contributed by atoms with Gasteiger partial charge in [0.15, 0.2) is 0 Å². The summed E-state index contributed by atoms with van der Waals surface area (Å²) in [6.07, 6.45) is 1.78. The molecule has 1 N–H and O–H groups in total. The fourth-order valence-corrected chi connectivity index (χ4v) is 3.19. The highest BCUT2D eigenvalue weighted by atomic mass is 79.9. The number of carbonyl (C=O) groups excluding carboxylic acids is 1. The summed E-state index contributed by atoms with van der Waals surface area (Å²) in [6.45, 7) is 0. The number of amides is 1. The van der Waals surface area contributed by atoms with Crippen molar-refractivity contribution in [3.05, 3.63) is 68.7 Å². The highest BCUT2D eigenvalue weighted by Gasteiger charge is 2.23. The Morgan fingerprint density at radius 1 is 1.15 bits per heavy atom. The summed E-state index contributed by atoms with van der Waals surface area (Å²) >= 11 is 9.34. The molecular weight excluding hydrogens is 338 g/mol. The zero-order valence-electron chi connectivity index (χ0n) is 10.7. The second-order valence-electron chi connectivity index (χ2n) is 4.97. The van der Waals surface area contributed by atoms with Crippen molar-refractivity contribution in [3.63, 3.8) is 0 Å². The van der Waals surface area contributed by atoms with Crippen molar-refractivity contribution in [3.8, 4) is 0 Å². The summed E-state index contributed by atoms with van der Waals surface area (Å²) in [5.41, 5.74) is 3.22. The van der Waals surface area contributed by atoms with Crippen molar-refractivity contribution in [2.45, 2.75) is 18.9 Å². The van der Waals surface area contributed by atoms with Crippen molar-refractivity contribution >= 4 is 33.4 Å². The molecule has 1 amide bonds. The fraction of sp³-hybridized carbons (Fsp3) is 0.188. The Kier molecular flexibility index (Phi) is 3.81. The summed E-state index contributed by atoms with van der Waals surface area (Å²) in [6, 6.07) is 13.7. The second kappa shape index (κ2) is 5.58. The van der Waals surface area contributed by atoms with E-state index in [-0.39, 0.29) is 11.9 Å². The van der Waals surface area contributed by atoms with Crippen LogP contribution in [0.2, 0.25) is 5.02 Å². The molecule has 0 saturated carbocycles. The predicted octanol–water partition coefficient (Wildman–Crippen LogP) is 4.00. The van der Waals surface area contributed by atoms with Crippen LogP contribution in [0.4, 0.5) is 0 Å². The Labute approximate surface area is 131 Å². The van der Waals surface area contributed by atoms with Crippen LogP contribution in [0.25, 0.3) is 0 Å². The minimum atomic E-state index is -0.0859. The van der Waals surface area contributed by atoms with Gasteiger partial charge in [-0.1, -0.05) is 35.9 Å². The first-order valence-corrected chi connectivity index (χ1v) is 7.63. The largest absolute Gasteiger partial charge is 0.349 e. The lowest BCUT2D eigenvalue weighted by Crippen LogP contribution is -2.35. The van der Waals surface area contributed by atoms with Crippen molar-refractivity contribution in [2.24, 2.45) is 0 Å². The molecule has 3 rings (SSSR count). The molecule has 0 radical (unpaired) electrons. The second-order valence-corrected chi connectivity index (χ2v) is 6.26. The number of benzene rings is 2. The third-order valence-electron chi connectivity index (χ3n) is 3.56. The minimum Gasteiger partial charge on any atom is -0.349 e. The predicted molar refractivity (Wildman–Crippen MR) is 84.3 cm³/mol. The van der Waals surface area contributed by atoms with Crippen LogP contribution in [-0.2, 0) is 12.8 Å². The molecule has 0 aliphatic heterocycles. The highest BCUT2D eigenvalue weighted by Crippen LogP contribution is 2.24. The molecular formula is C16H13BrClNO. The van der Waals surface area contributed by atoms with Crippen LogP contribution in [-0.4, -0.2) is 11.9 Å². The SMILES string of the molecule is O=C(NC1Cc2ccccc2C1)c1cc(Cl)ccc1Br. The molecule has 1 aliphatic carbocycles. The maximum atomic E-state index is 12.3. The van der Waals surface area contributed by atoms with E-state index in [0.717, 1.165) is 17.3 Å². The van der Waals surface area contributed by atoms with Gasteiger partial charge in [-0.15, -0.1) is 0 Å². The van der Waals surface area contributed by atoms with Crippen LogP contribution in [0, 0.1) is 0 Å². The van der Waals surface area contributed by atoms with E-state index in [9.17, 15) is 4.79 Å². The zero-order valence-corrected chi connectivity index (χ0v) is 13.0. The standard InChI is InChI=1S/C16H13BrClNO/c17-15-6-5-12(18)9-14(15)16(20)19-13-7-10-3-1-2-4-11(10)8-13/h1-6,9,13H,7-8H2,(H,19,20). The van der Waals surface area contributed by atoms with Crippen LogP contribution in [0.5, 0.6) is 0 Å². The van der Waals surface area contributed by atoms with Gasteiger partial charge in [-0.05, 0) is 58.1 Å². The van der Waals surface area contributed by atoms with Crippen molar-refractivity contribution in [1.29, 1.82) is 0 Å². The fourth-order valence-electron chi connectivity index (χ4n) is 2.60. The van der Waals surface area contributed by atoms with Crippen LogP contribution < -0.4 is 5.32 Å². The molecule has 0 unspecified atom stereocenters. The zero-order chi connectivity index (χ0) is 14.1. The number of rotatable bonds is 2.